The molecule has 0 bridgehead atoms. The molecular formula is C9H8N2OS. The fourth-order valence-corrected chi connectivity index (χ4v) is 2.16. The van der Waals surface area contributed by atoms with Crippen molar-refractivity contribution >= 4 is 27.3 Å². The maximum atomic E-state index is 8.64. The molecule has 2 aromatic rings. The highest BCUT2D eigenvalue weighted by Crippen LogP contribution is 2.23. The predicted molar refractivity (Wildman–Crippen MR) is 53.6 cm³/mol. The van der Waals surface area contributed by atoms with Crippen LogP contribution in [0.3, 0.4) is 0 Å². The predicted octanol–water partition coefficient (Wildman–Crippen LogP) is 2.49. The topological polar surface area (TPSA) is 45.5 Å². The molecule has 3 nitrogen and oxygen atoms in total. The molecule has 0 atom stereocenters. The van der Waals surface area contributed by atoms with Crippen LogP contribution in [0.5, 0.6) is 0 Å². The van der Waals surface area contributed by atoms with Crippen molar-refractivity contribution in [2.24, 2.45) is 5.16 Å². The number of hydrogen-bond donors (Lipinski definition) is 1. The van der Waals surface area contributed by atoms with Crippen molar-refractivity contribution in [2.45, 2.75) is 6.92 Å². The molecule has 0 aliphatic rings. The Hall–Kier alpha value is -1.42. The van der Waals surface area contributed by atoms with E-state index in [0.29, 0.717) is 5.71 Å². The minimum absolute atomic E-state index is 0.624. The average molecular weight is 192 g/mol. The van der Waals surface area contributed by atoms with Crippen molar-refractivity contribution in [1.82, 2.24) is 4.98 Å². The highest BCUT2D eigenvalue weighted by molar-refractivity contribution is 7.17. The molecule has 0 saturated heterocycles. The van der Waals surface area contributed by atoms with Crippen LogP contribution in [0.1, 0.15) is 12.5 Å². The minimum atomic E-state index is 0.624. The van der Waals surface area contributed by atoms with Gasteiger partial charge in [-0.3, -0.25) is 0 Å². The Labute approximate surface area is 79.3 Å². The van der Waals surface area contributed by atoms with Gasteiger partial charge in [-0.25, -0.2) is 4.98 Å². The molecule has 2 aromatic heterocycles. The number of hydrogen-bond acceptors (Lipinski definition) is 4. The molecule has 1 N–H and O–H groups in total. The Morgan fingerprint density at radius 3 is 3.23 bits per heavy atom. The largest absolute Gasteiger partial charge is 0.411 e. The fourth-order valence-electron chi connectivity index (χ4n) is 1.20. The number of oxime groups is 1. The Morgan fingerprint density at radius 2 is 2.46 bits per heavy atom. The van der Waals surface area contributed by atoms with E-state index in [1.165, 1.54) is 0 Å². The lowest BCUT2D eigenvalue weighted by Gasteiger charge is -1.93. The first kappa shape index (κ1) is 8.19. The lowest BCUT2D eigenvalue weighted by Crippen LogP contribution is -1.91. The van der Waals surface area contributed by atoms with Crippen molar-refractivity contribution in [2.75, 3.05) is 0 Å². The van der Waals surface area contributed by atoms with E-state index in [9.17, 15) is 0 Å². The van der Waals surface area contributed by atoms with Gasteiger partial charge in [-0.1, -0.05) is 5.16 Å². The zero-order valence-corrected chi connectivity index (χ0v) is 7.88. The molecular weight excluding hydrogens is 184 g/mol. The molecule has 0 unspecified atom stereocenters. The number of nitrogens with zero attached hydrogens (tertiary/aromatic N) is 2. The number of rotatable bonds is 1. The van der Waals surface area contributed by atoms with Gasteiger partial charge in [0.05, 0.1) is 5.71 Å². The fraction of sp³-hybridized carbons (Fsp3) is 0.111. The van der Waals surface area contributed by atoms with Crippen LogP contribution in [0.4, 0.5) is 0 Å². The number of fused-ring (bicyclic) bond motifs is 1. The molecule has 0 fully saturated rings. The van der Waals surface area contributed by atoms with Crippen molar-refractivity contribution in [1.29, 1.82) is 0 Å². The lowest BCUT2D eigenvalue weighted by atomic mass is 10.1. The van der Waals surface area contributed by atoms with E-state index >= 15 is 0 Å². The van der Waals surface area contributed by atoms with E-state index in [0.717, 1.165) is 15.8 Å². The van der Waals surface area contributed by atoms with Gasteiger partial charge in [-0.2, -0.15) is 0 Å². The van der Waals surface area contributed by atoms with Crippen LogP contribution in [-0.2, 0) is 0 Å². The summed E-state index contributed by atoms with van der Waals surface area (Å²) in [5.74, 6) is 0. The Kier molecular flexibility index (Phi) is 1.98. The highest BCUT2D eigenvalue weighted by atomic mass is 32.1. The summed E-state index contributed by atoms with van der Waals surface area (Å²) in [7, 11) is 0. The zero-order valence-electron chi connectivity index (χ0n) is 7.06. The van der Waals surface area contributed by atoms with Crippen LogP contribution in [0.25, 0.3) is 10.2 Å². The van der Waals surface area contributed by atoms with Crippen LogP contribution in [0.15, 0.2) is 28.9 Å². The third-order valence-electron chi connectivity index (χ3n) is 1.89. The molecule has 0 radical (unpaired) electrons. The Bertz CT molecular complexity index is 461. The van der Waals surface area contributed by atoms with Crippen LogP contribution < -0.4 is 0 Å². The van der Waals surface area contributed by atoms with Gasteiger partial charge in [0.1, 0.15) is 4.83 Å². The Balaban J connectivity index is 2.71. The molecule has 2 rings (SSSR count). The zero-order chi connectivity index (χ0) is 9.26. The van der Waals surface area contributed by atoms with Gasteiger partial charge in [0, 0.05) is 22.5 Å². The molecule has 66 valence electrons. The molecule has 2 heterocycles. The second-order valence-electron chi connectivity index (χ2n) is 2.69. The van der Waals surface area contributed by atoms with Gasteiger partial charge in [0.25, 0.3) is 0 Å². The van der Waals surface area contributed by atoms with E-state index in [4.69, 9.17) is 5.21 Å². The van der Waals surface area contributed by atoms with Gasteiger partial charge in [-0.15, -0.1) is 11.3 Å². The van der Waals surface area contributed by atoms with Crippen LogP contribution >= 0.6 is 11.3 Å². The first-order chi connectivity index (χ1) is 6.33. The summed E-state index contributed by atoms with van der Waals surface area (Å²) in [4.78, 5) is 5.17. The summed E-state index contributed by atoms with van der Waals surface area (Å²) in [6, 6.07) is 3.85. The second kappa shape index (κ2) is 3.14. The van der Waals surface area contributed by atoms with E-state index in [1.54, 1.807) is 24.5 Å². The summed E-state index contributed by atoms with van der Waals surface area (Å²) in [5, 5.41) is 14.8. The van der Waals surface area contributed by atoms with Crippen molar-refractivity contribution < 1.29 is 5.21 Å². The summed E-state index contributed by atoms with van der Waals surface area (Å²) < 4.78 is 0. The summed E-state index contributed by atoms with van der Waals surface area (Å²) in [6.45, 7) is 1.77. The average Bonchev–Trinajstić information content (AvgIpc) is 2.60. The van der Waals surface area contributed by atoms with Crippen LogP contribution in [-0.4, -0.2) is 15.9 Å². The van der Waals surface area contributed by atoms with Crippen molar-refractivity contribution in [3.05, 3.63) is 29.3 Å². The number of aromatic nitrogens is 1. The number of thiophene rings is 1. The number of pyridine rings is 1. The quantitative estimate of drug-likeness (QED) is 0.428. The second-order valence-corrected chi connectivity index (χ2v) is 3.55. The first-order valence-electron chi connectivity index (χ1n) is 3.84. The summed E-state index contributed by atoms with van der Waals surface area (Å²) >= 11 is 1.55. The van der Waals surface area contributed by atoms with E-state index in [1.807, 2.05) is 17.5 Å². The van der Waals surface area contributed by atoms with Crippen molar-refractivity contribution in [3.8, 4) is 0 Å². The van der Waals surface area contributed by atoms with Crippen LogP contribution in [0.2, 0.25) is 0 Å². The normalized spacial score (nSPS) is 12.2. The molecule has 0 aliphatic carbocycles. The molecule has 0 spiro atoms. The summed E-state index contributed by atoms with van der Waals surface area (Å²) in [5.41, 5.74) is 1.58. The monoisotopic (exact) mass is 192 g/mol. The minimum Gasteiger partial charge on any atom is -0.411 e. The molecule has 4 heteroatoms. The maximum absolute atomic E-state index is 8.64. The van der Waals surface area contributed by atoms with Crippen molar-refractivity contribution in [3.63, 3.8) is 0 Å². The van der Waals surface area contributed by atoms with Gasteiger partial charge < -0.3 is 5.21 Å². The van der Waals surface area contributed by atoms with Crippen LogP contribution in [0, 0.1) is 0 Å². The lowest BCUT2D eigenvalue weighted by molar-refractivity contribution is 0.319. The third kappa shape index (κ3) is 1.29. The third-order valence-corrected chi connectivity index (χ3v) is 2.79. The van der Waals surface area contributed by atoms with Gasteiger partial charge in [-0.05, 0) is 19.1 Å². The van der Waals surface area contributed by atoms with E-state index < -0.39 is 0 Å². The van der Waals surface area contributed by atoms with E-state index in [2.05, 4.69) is 10.1 Å². The molecule has 0 aliphatic heterocycles. The SMILES string of the molecule is C/C(=N/O)c1csc2ncccc12. The summed E-state index contributed by atoms with van der Waals surface area (Å²) in [6.07, 6.45) is 1.76. The Morgan fingerprint density at radius 1 is 1.62 bits per heavy atom. The standard InChI is InChI=1S/C9H8N2OS/c1-6(11-12)8-5-13-9-7(8)3-2-4-10-9/h2-5,12H,1H3/b11-6-. The first-order valence-corrected chi connectivity index (χ1v) is 4.72. The smallest absolute Gasteiger partial charge is 0.123 e. The maximum Gasteiger partial charge on any atom is 0.123 e. The molecule has 0 amide bonds. The van der Waals surface area contributed by atoms with Gasteiger partial charge in [0.2, 0.25) is 0 Å². The van der Waals surface area contributed by atoms with Gasteiger partial charge >= 0.3 is 0 Å². The van der Waals surface area contributed by atoms with E-state index in [-0.39, 0.29) is 0 Å². The van der Waals surface area contributed by atoms with Gasteiger partial charge in [0.15, 0.2) is 0 Å². The highest BCUT2D eigenvalue weighted by Gasteiger charge is 2.06. The molecule has 0 aromatic carbocycles. The molecule has 13 heavy (non-hydrogen) atoms. The molecule has 0 saturated carbocycles.